The summed E-state index contributed by atoms with van der Waals surface area (Å²) in [5, 5.41) is 31.0. The first kappa shape index (κ1) is 56.6. The lowest BCUT2D eigenvalue weighted by molar-refractivity contribution is 0.375. The van der Waals surface area contributed by atoms with Crippen LogP contribution in [0.15, 0.2) is 177 Å². The number of fused-ring (bicyclic) bond motifs is 3. The molecule has 9 heteroatoms. The lowest BCUT2D eigenvalue weighted by Crippen LogP contribution is -1.96. The summed E-state index contributed by atoms with van der Waals surface area (Å²) < 4.78 is 28.1. The van der Waals surface area contributed by atoms with Gasteiger partial charge >= 0.3 is 0 Å². The highest BCUT2D eigenvalue weighted by Gasteiger charge is 2.24. The quantitative estimate of drug-likeness (QED) is 0.132. The molecule has 0 aliphatic heterocycles. The predicted octanol–water partition coefficient (Wildman–Crippen LogP) is 18.1. The second-order valence-corrected chi connectivity index (χ2v) is 12.9. The van der Waals surface area contributed by atoms with Gasteiger partial charge in [0.2, 0.25) is 0 Å². The van der Waals surface area contributed by atoms with Crippen molar-refractivity contribution in [2.45, 2.75) is 93.9 Å². The van der Waals surface area contributed by atoms with Crippen LogP contribution in [-0.4, -0.2) is 32.9 Å². The minimum atomic E-state index is -3.98. The third-order valence-corrected chi connectivity index (χ3v) is 8.42. The molecule has 0 saturated carbocycles. The first-order valence-electron chi connectivity index (χ1n) is 20.9. The summed E-state index contributed by atoms with van der Waals surface area (Å²) >= 11 is 0. The van der Waals surface area contributed by atoms with E-state index in [1.165, 1.54) is 53.1 Å². The first-order chi connectivity index (χ1) is 29.1. The molecule has 60 heavy (non-hydrogen) atoms. The average Bonchev–Trinajstić information content (AvgIpc) is 3.31. The van der Waals surface area contributed by atoms with Crippen LogP contribution in [0.25, 0.3) is 32.3 Å². The molecule has 7 aromatic carbocycles. The number of rotatable bonds is 4. The molecule has 0 spiro atoms. The molecule has 0 aliphatic carbocycles. The lowest BCUT2D eigenvalue weighted by Gasteiger charge is -2.21. The predicted molar refractivity (Wildman–Crippen MR) is 265 cm³/mol. The van der Waals surface area contributed by atoms with Crippen molar-refractivity contribution in [1.82, 2.24) is 0 Å². The van der Waals surface area contributed by atoms with Crippen molar-refractivity contribution >= 4 is 54.6 Å². The third kappa shape index (κ3) is 21.5. The third-order valence-electron chi connectivity index (χ3n) is 7.52. The molecule has 7 aromatic rings. The van der Waals surface area contributed by atoms with Gasteiger partial charge in [0.15, 0.2) is 5.75 Å². The Morgan fingerprint density at radius 2 is 0.767 bits per heavy atom. The fourth-order valence-electron chi connectivity index (χ4n) is 4.69. The van der Waals surface area contributed by atoms with Crippen LogP contribution in [0.1, 0.15) is 87.6 Å². The van der Waals surface area contributed by atoms with E-state index in [1.807, 2.05) is 86.6 Å². The number of unbranched alkanes of at least 4 members (excludes halogenated alkanes) is 1. The highest BCUT2D eigenvalue weighted by Crippen LogP contribution is 2.53. The Labute approximate surface area is 363 Å². The minimum absolute atomic E-state index is 0.140. The number of aromatic hydroxyl groups is 1. The van der Waals surface area contributed by atoms with Crippen molar-refractivity contribution in [3.8, 4) is 5.75 Å². The molecular formula is C51H72N4O4S. The molecular weight excluding hydrogens is 765 g/mol. The normalized spacial score (nSPS) is 10.0. The minimum Gasteiger partial charge on any atom is -0.505 e. The van der Waals surface area contributed by atoms with Crippen molar-refractivity contribution in [3.63, 3.8) is 0 Å². The molecule has 0 bridgehead atoms. The molecule has 0 unspecified atom stereocenters. The van der Waals surface area contributed by atoms with E-state index >= 15 is 0 Å². The number of benzene rings is 7. The standard InChI is InChI=1S/C11H12N2O4S.2C10H8.C8H10N2.C4H10.4C2H6/c1-12-13-10-9(18(15,16)17)6-7-4-2-3-5-8(7)11(10)14;2*1-2-6-10-8-4-3-7-9(10)5-1;1-7-3-5-8(6-4-7)10-9-2;1-3-4-2;4*1-2/h2-6,14-17H,1H3;2*1-8H;3-6H,1-2H3;3-4H2,1-2H3;4*1-2H3. The maximum absolute atomic E-state index is 10.1. The van der Waals surface area contributed by atoms with E-state index in [-0.39, 0.29) is 16.3 Å². The van der Waals surface area contributed by atoms with Gasteiger partial charge in [0.25, 0.3) is 0 Å². The van der Waals surface area contributed by atoms with E-state index in [0.717, 1.165) is 5.69 Å². The van der Waals surface area contributed by atoms with Gasteiger partial charge in [-0.1, -0.05) is 221 Å². The Morgan fingerprint density at radius 1 is 0.450 bits per heavy atom. The number of azo groups is 2. The molecule has 7 rings (SSSR count). The average molecular weight is 837 g/mol. The summed E-state index contributed by atoms with van der Waals surface area (Å²) in [7, 11) is -0.940. The van der Waals surface area contributed by atoms with E-state index in [4.69, 9.17) is 0 Å². The van der Waals surface area contributed by atoms with Gasteiger partial charge in [-0.3, -0.25) is 0 Å². The first-order valence-corrected chi connectivity index (χ1v) is 22.4. The number of hydrogen-bond acceptors (Lipinski definition) is 8. The highest BCUT2D eigenvalue weighted by molar-refractivity contribution is 8.19. The van der Waals surface area contributed by atoms with Gasteiger partial charge in [-0.2, -0.15) is 20.5 Å². The Bertz CT molecular complexity index is 1960. The Kier molecular flexibility index (Phi) is 33.5. The lowest BCUT2D eigenvalue weighted by atomic mass is 10.1. The fourth-order valence-corrected chi connectivity index (χ4v) is 5.37. The van der Waals surface area contributed by atoms with Crippen LogP contribution >= 0.6 is 10.9 Å². The van der Waals surface area contributed by atoms with Crippen LogP contribution in [0.4, 0.5) is 11.4 Å². The number of nitrogens with zero attached hydrogens (tertiary/aromatic N) is 4. The Hall–Kier alpha value is -5.45. The van der Waals surface area contributed by atoms with Crippen LogP contribution in [0.3, 0.4) is 0 Å². The molecule has 8 nitrogen and oxygen atoms in total. The van der Waals surface area contributed by atoms with E-state index in [9.17, 15) is 18.8 Å². The van der Waals surface area contributed by atoms with Gasteiger partial charge < -0.3 is 18.8 Å². The maximum Gasteiger partial charge on any atom is 0.152 e. The topological polar surface area (TPSA) is 130 Å². The van der Waals surface area contributed by atoms with E-state index < -0.39 is 10.9 Å². The smallest absolute Gasteiger partial charge is 0.152 e. The summed E-state index contributed by atoms with van der Waals surface area (Å²) in [5.74, 6) is -0.247. The van der Waals surface area contributed by atoms with Gasteiger partial charge in [-0.05, 0) is 52.1 Å². The van der Waals surface area contributed by atoms with E-state index in [2.05, 4.69) is 131 Å². The Balaban J connectivity index is 0. The zero-order valence-corrected chi connectivity index (χ0v) is 39.2. The summed E-state index contributed by atoms with van der Waals surface area (Å²) in [4.78, 5) is -0.246. The largest absolute Gasteiger partial charge is 0.505 e. The van der Waals surface area contributed by atoms with Crippen molar-refractivity contribution in [3.05, 3.63) is 157 Å². The SMILES string of the molecule is CC.CC.CC.CC.CCCC.CN=Nc1c(S(O)(O)O)cc2ccccc2c1O.CN=Nc1ccc(C)cc1.c1ccc2ccccc2c1.c1ccc2ccccc2c1. The summed E-state index contributed by atoms with van der Waals surface area (Å²) in [5.41, 5.74) is 2.02. The van der Waals surface area contributed by atoms with Crippen molar-refractivity contribution in [2.75, 3.05) is 14.1 Å². The fraction of sp³-hybridized carbons (Fsp3) is 0.294. The van der Waals surface area contributed by atoms with Gasteiger partial charge in [0, 0.05) is 19.5 Å². The Morgan fingerprint density at radius 3 is 1.07 bits per heavy atom. The summed E-state index contributed by atoms with van der Waals surface area (Å²) in [6.07, 6.45) is 2.64. The summed E-state index contributed by atoms with van der Waals surface area (Å²) in [6, 6.07) is 49.5. The monoisotopic (exact) mass is 837 g/mol. The number of phenols is 1. The van der Waals surface area contributed by atoms with Crippen LogP contribution in [0.5, 0.6) is 5.75 Å². The van der Waals surface area contributed by atoms with Crippen LogP contribution < -0.4 is 0 Å². The van der Waals surface area contributed by atoms with E-state index in [0.29, 0.717) is 10.8 Å². The molecule has 0 saturated heterocycles. The van der Waals surface area contributed by atoms with Crippen LogP contribution in [0.2, 0.25) is 0 Å². The van der Waals surface area contributed by atoms with Crippen molar-refractivity contribution < 1.29 is 18.8 Å². The van der Waals surface area contributed by atoms with Crippen molar-refractivity contribution in [1.29, 1.82) is 0 Å². The molecule has 0 aliphatic rings. The number of aryl methyl sites for hydroxylation is 1. The second-order valence-electron chi connectivity index (χ2n) is 11.4. The highest BCUT2D eigenvalue weighted by atomic mass is 32.3. The molecule has 0 amide bonds. The molecule has 326 valence electrons. The molecule has 4 N–H and O–H groups in total. The van der Waals surface area contributed by atoms with Gasteiger partial charge in [-0.15, -0.1) is 0 Å². The second kappa shape index (κ2) is 35.5. The number of phenolic OH excluding ortho intramolecular Hbond substituents is 1. The van der Waals surface area contributed by atoms with E-state index in [1.54, 1.807) is 31.3 Å². The van der Waals surface area contributed by atoms with Crippen molar-refractivity contribution in [2.24, 2.45) is 20.5 Å². The maximum atomic E-state index is 10.1. The number of hydrogen-bond donors (Lipinski definition) is 4. The zero-order valence-electron chi connectivity index (χ0n) is 38.3. The van der Waals surface area contributed by atoms with Crippen LogP contribution in [-0.2, 0) is 0 Å². The van der Waals surface area contributed by atoms with Gasteiger partial charge in [0.05, 0.1) is 10.6 Å². The molecule has 0 radical (unpaired) electrons. The zero-order chi connectivity index (χ0) is 45.8. The van der Waals surface area contributed by atoms with Gasteiger partial charge in [-0.25, -0.2) is 0 Å². The summed E-state index contributed by atoms with van der Waals surface area (Å²) in [6.45, 7) is 22.4. The molecule has 0 fully saturated rings. The molecule has 0 aromatic heterocycles. The van der Waals surface area contributed by atoms with Crippen LogP contribution in [0, 0.1) is 6.92 Å². The van der Waals surface area contributed by atoms with Gasteiger partial charge in [0.1, 0.15) is 16.6 Å². The molecule has 0 heterocycles. The molecule has 0 atom stereocenters.